The van der Waals surface area contributed by atoms with E-state index in [1.165, 1.54) is 17.4 Å². The van der Waals surface area contributed by atoms with Crippen molar-refractivity contribution in [2.75, 3.05) is 43.6 Å². The molecule has 0 spiro atoms. The summed E-state index contributed by atoms with van der Waals surface area (Å²) in [6.45, 7) is 3.25. The third-order valence-electron chi connectivity index (χ3n) is 5.28. The summed E-state index contributed by atoms with van der Waals surface area (Å²) in [4.78, 5) is 25.1. The van der Waals surface area contributed by atoms with Gasteiger partial charge in [0.15, 0.2) is 16.8 Å². The Bertz CT molecular complexity index is 1090. The number of fused-ring (bicyclic) bond motifs is 1. The first-order valence-corrected chi connectivity index (χ1v) is 10.8. The van der Waals surface area contributed by atoms with E-state index in [1.54, 1.807) is 18.2 Å². The van der Waals surface area contributed by atoms with Gasteiger partial charge in [-0.2, -0.15) is 0 Å². The van der Waals surface area contributed by atoms with E-state index < -0.39 is 5.82 Å². The van der Waals surface area contributed by atoms with E-state index in [9.17, 15) is 9.18 Å². The monoisotopic (exact) mass is 445 g/mol. The molecule has 1 aliphatic rings. The quantitative estimate of drug-likeness (QED) is 0.627. The number of urea groups is 1. The first-order valence-electron chi connectivity index (χ1n) is 10.0. The van der Waals surface area contributed by atoms with Gasteiger partial charge in [0.1, 0.15) is 5.75 Å². The van der Waals surface area contributed by atoms with Gasteiger partial charge in [-0.1, -0.05) is 11.3 Å². The van der Waals surface area contributed by atoms with Gasteiger partial charge in [-0.3, -0.25) is 5.32 Å². The largest absolute Gasteiger partial charge is 0.497 e. The number of pyridine rings is 1. The number of carbonyl (C=O) groups excluding carboxylic acids is 1. The van der Waals surface area contributed by atoms with Gasteiger partial charge >= 0.3 is 6.03 Å². The van der Waals surface area contributed by atoms with Gasteiger partial charge in [-0.15, -0.1) is 0 Å². The highest BCUT2D eigenvalue weighted by atomic mass is 32.1. The van der Waals surface area contributed by atoms with Crippen molar-refractivity contribution in [1.29, 1.82) is 0 Å². The molecule has 2 aromatic heterocycles. The SMILES string of the molecule is COc1ccc2nc(NC(=O)N3CCN(c4ncc(CCO)cc4F)C[C@H]3C)sc2c1. The molecule has 164 valence electrons. The Hall–Kier alpha value is -2.98. The highest BCUT2D eigenvalue weighted by Gasteiger charge is 2.29. The van der Waals surface area contributed by atoms with Gasteiger partial charge < -0.3 is 19.6 Å². The Morgan fingerprint density at radius 3 is 2.94 bits per heavy atom. The predicted octanol–water partition coefficient (Wildman–Crippen LogP) is 3.12. The summed E-state index contributed by atoms with van der Waals surface area (Å²) in [6.07, 6.45) is 1.95. The Morgan fingerprint density at radius 2 is 2.23 bits per heavy atom. The van der Waals surface area contributed by atoms with Crippen LogP contribution >= 0.6 is 11.3 Å². The molecule has 3 aromatic rings. The summed E-state index contributed by atoms with van der Waals surface area (Å²) in [6, 6.07) is 6.61. The molecule has 1 fully saturated rings. The van der Waals surface area contributed by atoms with Crippen molar-refractivity contribution in [3.8, 4) is 5.75 Å². The van der Waals surface area contributed by atoms with Crippen LogP contribution in [-0.4, -0.2) is 65.4 Å². The third-order valence-corrected chi connectivity index (χ3v) is 6.21. The molecule has 10 heteroatoms. The van der Waals surface area contributed by atoms with E-state index >= 15 is 0 Å². The summed E-state index contributed by atoms with van der Waals surface area (Å²) in [5.74, 6) is 0.596. The standard InChI is InChI=1S/C21H24FN5O3S/c1-13-12-26(19-16(22)9-14(5-8-28)11-23-19)6-7-27(13)21(29)25-20-24-17-4-3-15(30-2)10-18(17)31-20/h3-4,9-11,13,28H,5-8,12H2,1-2H3,(H,24,25,29)/t13-/m1/s1. The summed E-state index contributed by atoms with van der Waals surface area (Å²) in [5.41, 5.74) is 1.45. The van der Waals surface area contributed by atoms with Crippen LogP contribution in [0.2, 0.25) is 0 Å². The van der Waals surface area contributed by atoms with E-state index in [2.05, 4.69) is 15.3 Å². The molecule has 1 aliphatic heterocycles. The Kier molecular flexibility index (Phi) is 6.19. The average Bonchev–Trinajstić information content (AvgIpc) is 3.15. The maximum atomic E-state index is 14.5. The van der Waals surface area contributed by atoms with Crippen LogP contribution in [0, 0.1) is 5.82 Å². The lowest BCUT2D eigenvalue weighted by atomic mass is 10.1. The van der Waals surface area contributed by atoms with Crippen LogP contribution in [0.4, 0.5) is 20.1 Å². The van der Waals surface area contributed by atoms with Gasteiger partial charge in [0, 0.05) is 38.5 Å². The molecule has 0 aliphatic carbocycles. The molecular formula is C21H24FN5O3S. The van der Waals surface area contributed by atoms with Gasteiger partial charge in [-0.05, 0) is 43.2 Å². The number of amides is 2. The van der Waals surface area contributed by atoms with Gasteiger partial charge in [-0.25, -0.2) is 19.2 Å². The number of benzene rings is 1. The van der Waals surface area contributed by atoms with E-state index in [-0.39, 0.29) is 24.5 Å². The molecule has 3 heterocycles. The summed E-state index contributed by atoms with van der Waals surface area (Å²) in [7, 11) is 1.61. The Labute approximate surface area is 183 Å². The lowest BCUT2D eigenvalue weighted by molar-refractivity contribution is 0.184. The average molecular weight is 446 g/mol. The van der Waals surface area contributed by atoms with E-state index in [0.717, 1.165) is 16.0 Å². The number of rotatable bonds is 5. The van der Waals surface area contributed by atoms with Crippen LogP contribution in [0.25, 0.3) is 10.2 Å². The zero-order valence-corrected chi connectivity index (χ0v) is 18.2. The number of nitrogens with one attached hydrogen (secondary N) is 1. The number of ether oxygens (including phenoxy) is 1. The second-order valence-corrected chi connectivity index (χ2v) is 8.42. The number of aromatic nitrogens is 2. The van der Waals surface area contributed by atoms with Crippen LogP contribution in [0.3, 0.4) is 0 Å². The van der Waals surface area contributed by atoms with E-state index in [0.29, 0.717) is 36.8 Å². The van der Waals surface area contributed by atoms with Crippen molar-refractivity contribution in [2.24, 2.45) is 0 Å². The molecule has 4 rings (SSSR count). The highest BCUT2D eigenvalue weighted by Crippen LogP contribution is 2.29. The third kappa shape index (κ3) is 4.54. The van der Waals surface area contributed by atoms with Crippen molar-refractivity contribution >= 4 is 38.5 Å². The molecule has 2 amide bonds. The lowest BCUT2D eigenvalue weighted by Gasteiger charge is -2.40. The number of methoxy groups -OCH3 is 1. The van der Waals surface area contributed by atoms with Crippen LogP contribution in [0.5, 0.6) is 5.75 Å². The second kappa shape index (κ2) is 9.03. The summed E-state index contributed by atoms with van der Waals surface area (Å²) < 4.78 is 20.6. The lowest BCUT2D eigenvalue weighted by Crippen LogP contribution is -2.55. The zero-order chi connectivity index (χ0) is 22.0. The van der Waals surface area contributed by atoms with Gasteiger partial charge in [0.2, 0.25) is 0 Å². The van der Waals surface area contributed by atoms with Gasteiger partial charge in [0.25, 0.3) is 0 Å². The fraction of sp³-hybridized carbons (Fsp3) is 0.381. The Morgan fingerprint density at radius 1 is 1.39 bits per heavy atom. The molecule has 0 saturated carbocycles. The summed E-state index contributed by atoms with van der Waals surface area (Å²) >= 11 is 1.39. The number of nitrogens with zero attached hydrogens (tertiary/aromatic N) is 4. The minimum absolute atomic E-state index is 0.0481. The van der Waals surface area contributed by atoms with Gasteiger partial charge in [0.05, 0.1) is 17.3 Å². The van der Waals surface area contributed by atoms with Crippen LogP contribution < -0.4 is 15.0 Å². The number of thiazole rings is 1. The minimum Gasteiger partial charge on any atom is -0.497 e. The molecule has 31 heavy (non-hydrogen) atoms. The molecule has 8 nitrogen and oxygen atoms in total. The van der Waals surface area contributed by atoms with Crippen molar-refractivity contribution in [2.45, 2.75) is 19.4 Å². The molecule has 2 N–H and O–H groups in total. The van der Waals surface area contributed by atoms with Crippen molar-refractivity contribution < 1.29 is 19.0 Å². The molecule has 1 aromatic carbocycles. The fourth-order valence-electron chi connectivity index (χ4n) is 3.67. The summed E-state index contributed by atoms with van der Waals surface area (Å²) in [5, 5.41) is 12.4. The predicted molar refractivity (Wildman–Crippen MR) is 119 cm³/mol. The minimum atomic E-state index is -0.416. The highest BCUT2D eigenvalue weighted by molar-refractivity contribution is 7.22. The second-order valence-electron chi connectivity index (χ2n) is 7.39. The number of halogens is 1. The topological polar surface area (TPSA) is 90.8 Å². The number of hydrogen-bond donors (Lipinski definition) is 2. The maximum Gasteiger partial charge on any atom is 0.324 e. The number of carbonyl (C=O) groups is 1. The van der Waals surface area contributed by atoms with Crippen LogP contribution in [0.15, 0.2) is 30.5 Å². The van der Waals surface area contributed by atoms with Crippen molar-refractivity contribution in [3.63, 3.8) is 0 Å². The Balaban J connectivity index is 1.41. The zero-order valence-electron chi connectivity index (χ0n) is 17.3. The maximum absolute atomic E-state index is 14.5. The first-order chi connectivity index (χ1) is 15.0. The number of aliphatic hydroxyl groups is 1. The fourth-order valence-corrected chi connectivity index (χ4v) is 4.55. The number of hydrogen-bond acceptors (Lipinski definition) is 7. The first kappa shape index (κ1) is 21.3. The number of aliphatic hydroxyl groups excluding tert-OH is 1. The molecule has 0 unspecified atom stereocenters. The molecule has 0 bridgehead atoms. The molecule has 1 saturated heterocycles. The smallest absolute Gasteiger partial charge is 0.324 e. The molecule has 1 atom stereocenters. The van der Waals surface area contributed by atoms with Crippen molar-refractivity contribution in [1.82, 2.24) is 14.9 Å². The number of anilines is 2. The van der Waals surface area contributed by atoms with E-state index in [1.807, 2.05) is 30.0 Å². The molecule has 0 radical (unpaired) electrons. The van der Waals surface area contributed by atoms with Crippen LogP contribution in [0.1, 0.15) is 12.5 Å². The van der Waals surface area contributed by atoms with E-state index in [4.69, 9.17) is 9.84 Å². The number of piperazine rings is 1. The van der Waals surface area contributed by atoms with Crippen molar-refractivity contribution in [3.05, 3.63) is 41.8 Å². The van der Waals surface area contributed by atoms with Crippen LogP contribution in [-0.2, 0) is 6.42 Å². The molecular weight excluding hydrogens is 421 g/mol. The normalized spacial score (nSPS) is 16.6.